The third-order valence-corrected chi connectivity index (χ3v) is 5.15. The van der Waals surface area contributed by atoms with Crippen LogP contribution >= 0.6 is 31.9 Å². The van der Waals surface area contributed by atoms with Crippen molar-refractivity contribution in [3.8, 4) is 0 Å². The van der Waals surface area contributed by atoms with Crippen molar-refractivity contribution in [1.82, 2.24) is 5.32 Å². The minimum absolute atomic E-state index is 0.325. The molecule has 0 fully saturated rings. The van der Waals surface area contributed by atoms with Gasteiger partial charge in [0, 0.05) is 15.5 Å². The van der Waals surface area contributed by atoms with Crippen LogP contribution in [0.15, 0.2) is 21.1 Å². The maximum atomic E-state index is 3.68. The van der Waals surface area contributed by atoms with Gasteiger partial charge in [0.2, 0.25) is 0 Å². The highest BCUT2D eigenvalue weighted by Crippen LogP contribution is 2.29. The van der Waals surface area contributed by atoms with Gasteiger partial charge in [0.25, 0.3) is 0 Å². The second-order valence-corrected chi connectivity index (χ2v) is 8.59. The third kappa shape index (κ3) is 6.28. The molecule has 1 aromatic rings. The van der Waals surface area contributed by atoms with E-state index in [1.807, 2.05) is 0 Å². The molecular weight excluding hydrogens is 378 g/mol. The first-order chi connectivity index (χ1) is 9.21. The zero-order valence-electron chi connectivity index (χ0n) is 13.3. The Bertz CT molecular complexity index is 439. The van der Waals surface area contributed by atoms with E-state index in [0.717, 1.165) is 19.5 Å². The maximum absolute atomic E-state index is 3.68. The summed E-state index contributed by atoms with van der Waals surface area (Å²) in [5, 5.41) is 3.58. The van der Waals surface area contributed by atoms with E-state index < -0.39 is 0 Å². The van der Waals surface area contributed by atoms with Crippen LogP contribution in [0.25, 0.3) is 0 Å². The lowest BCUT2D eigenvalue weighted by Crippen LogP contribution is -2.32. The average Bonchev–Trinajstić information content (AvgIpc) is 2.31. The summed E-state index contributed by atoms with van der Waals surface area (Å²) in [5.74, 6) is 0.716. The van der Waals surface area contributed by atoms with Gasteiger partial charge in [-0.15, -0.1) is 0 Å². The Morgan fingerprint density at radius 1 is 1.15 bits per heavy atom. The summed E-state index contributed by atoms with van der Waals surface area (Å²) in [6.07, 6.45) is 2.29. The van der Waals surface area contributed by atoms with Gasteiger partial charge in [-0.2, -0.15) is 0 Å². The van der Waals surface area contributed by atoms with E-state index >= 15 is 0 Å². The number of nitrogens with one attached hydrogen (secondary N) is 1. The van der Waals surface area contributed by atoms with Gasteiger partial charge in [-0.1, -0.05) is 59.6 Å². The van der Waals surface area contributed by atoms with Crippen LogP contribution in [-0.2, 0) is 6.42 Å². The number of hydrogen-bond acceptors (Lipinski definition) is 1. The van der Waals surface area contributed by atoms with Crippen LogP contribution in [0.1, 0.15) is 45.2 Å². The van der Waals surface area contributed by atoms with Crippen LogP contribution in [0.2, 0.25) is 0 Å². The molecule has 0 aliphatic carbocycles. The fourth-order valence-corrected chi connectivity index (χ4v) is 3.19. The van der Waals surface area contributed by atoms with Gasteiger partial charge in [0.15, 0.2) is 0 Å². The van der Waals surface area contributed by atoms with Gasteiger partial charge < -0.3 is 5.32 Å². The molecule has 1 rings (SSSR count). The van der Waals surface area contributed by atoms with Crippen LogP contribution in [0.3, 0.4) is 0 Å². The van der Waals surface area contributed by atoms with E-state index in [4.69, 9.17) is 0 Å². The normalized spacial score (nSPS) is 12.2. The Balaban J connectivity index is 2.55. The molecule has 3 heteroatoms. The number of aryl methyl sites for hydroxylation is 2. The first-order valence-electron chi connectivity index (χ1n) is 7.36. The standard InChI is InChI=1S/C17H27Br2N/c1-12(2)10-20-11-17(4,5)7-6-14-9-15(18)13(3)8-16(14)19/h8-9,12,20H,6-7,10-11H2,1-5H3. The Morgan fingerprint density at radius 3 is 2.40 bits per heavy atom. The molecule has 1 nitrogen and oxygen atoms in total. The lowest BCUT2D eigenvalue weighted by molar-refractivity contribution is 0.308. The fourth-order valence-electron chi connectivity index (χ4n) is 2.14. The van der Waals surface area contributed by atoms with E-state index in [1.165, 1.54) is 26.5 Å². The lowest BCUT2D eigenvalue weighted by atomic mass is 9.86. The number of benzene rings is 1. The number of rotatable bonds is 7. The predicted octanol–water partition coefficient (Wildman–Crippen LogP) is 5.72. The molecule has 0 saturated carbocycles. The van der Waals surface area contributed by atoms with Crippen molar-refractivity contribution in [3.05, 3.63) is 32.2 Å². The molecule has 0 bridgehead atoms. The van der Waals surface area contributed by atoms with Crippen molar-refractivity contribution in [2.75, 3.05) is 13.1 Å². The minimum atomic E-state index is 0.325. The average molecular weight is 405 g/mol. The smallest absolute Gasteiger partial charge is 0.0210 e. The van der Waals surface area contributed by atoms with Crippen molar-refractivity contribution in [3.63, 3.8) is 0 Å². The van der Waals surface area contributed by atoms with Crippen LogP contribution < -0.4 is 5.32 Å². The second-order valence-electron chi connectivity index (χ2n) is 6.88. The number of hydrogen-bond donors (Lipinski definition) is 1. The van der Waals surface area contributed by atoms with E-state index in [0.29, 0.717) is 11.3 Å². The summed E-state index contributed by atoms with van der Waals surface area (Å²) in [5.41, 5.74) is 2.99. The van der Waals surface area contributed by atoms with Crippen LogP contribution in [-0.4, -0.2) is 13.1 Å². The molecule has 0 saturated heterocycles. The zero-order valence-corrected chi connectivity index (χ0v) is 16.5. The molecule has 0 heterocycles. The monoisotopic (exact) mass is 403 g/mol. The van der Waals surface area contributed by atoms with Gasteiger partial charge in [0.05, 0.1) is 0 Å². The molecule has 1 aromatic carbocycles. The summed E-state index contributed by atoms with van der Waals surface area (Å²) >= 11 is 7.31. The minimum Gasteiger partial charge on any atom is -0.316 e. The maximum Gasteiger partial charge on any atom is 0.0210 e. The van der Waals surface area contributed by atoms with Gasteiger partial charge in [-0.05, 0) is 60.9 Å². The molecule has 0 aromatic heterocycles. The SMILES string of the molecule is Cc1cc(Br)c(CCC(C)(C)CNCC(C)C)cc1Br. The highest BCUT2D eigenvalue weighted by atomic mass is 79.9. The highest BCUT2D eigenvalue weighted by Gasteiger charge is 2.18. The Kier molecular flexibility index (Phi) is 7.23. The Morgan fingerprint density at radius 2 is 1.80 bits per heavy atom. The van der Waals surface area contributed by atoms with E-state index in [2.05, 4.69) is 83.9 Å². The van der Waals surface area contributed by atoms with Crippen LogP contribution in [0.5, 0.6) is 0 Å². The van der Waals surface area contributed by atoms with Gasteiger partial charge in [-0.25, -0.2) is 0 Å². The summed E-state index contributed by atoms with van der Waals surface area (Å²) < 4.78 is 2.43. The van der Waals surface area contributed by atoms with Gasteiger partial charge >= 0.3 is 0 Å². The van der Waals surface area contributed by atoms with Crippen molar-refractivity contribution in [2.45, 2.75) is 47.5 Å². The topological polar surface area (TPSA) is 12.0 Å². The lowest BCUT2D eigenvalue weighted by Gasteiger charge is -2.26. The molecule has 0 atom stereocenters. The van der Waals surface area contributed by atoms with Gasteiger partial charge in [-0.3, -0.25) is 0 Å². The largest absolute Gasteiger partial charge is 0.316 e. The first kappa shape index (κ1) is 18.2. The molecule has 0 aliphatic heterocycles. The van der Waals surface area contributed by atoms with Crippen LogP contribution in [0.4, 0.5) is 0 Å². The molecule has 0 radical (unpaired) electrons. The summed E-state index contributed by atoms with van der Waals surface area (Å²) in [6.45, 7) is 13.5. The van der Waals surface area contributed by atoms with Crippen molar-refractivity contribution < 1.29 is 0 Å². The summed E-state index contributed by atoms with van der Waals surface area (Å²) in [7, 11) is 0. The highest BCUT2D eigenvalue weighted by molar-refractivity contribution is 9.11. The Labute approximate surface area is 141 Å². The summed E-state index contributed by atoms with van der Waals surface area (Å²) in [6, 6.07) is 4.44. The van der Waals surface area contributed by atoms with Crippen molar-refractivity contribution >= 4 is 31.9 Å². The quantitative estimate of drug-likeness (QED) is 0.612. The molecule has 0 unspecified atom stereocenters. The third-order valence-electron chi connectivity index (χ3n) is 3.55. The van der Waals surface area contributed by atoms with E-state index in [1.54, 1.807) is 0 Å². The molecule has 114 valence electrons. The first-order valence-corrected chi connectivity index (χ1v) is 8.95. The molecular formula is C17H27Br2N. The predicted molar refractivity (Wildman–Crippen MR) is 96.4 cm³/mol. The summed E-state index contributed by atoms with van der Waals surface area (Å²) in [4.78, 5) is 0. The molecule has 0 spiro atoms. The molecule has 0 amide bonds. The van der Waals surface area contributed by atoms with Crippen molar-refractivity contribution in [2.24, 2.45) is 11.3 Å². The fraction of sp³-hybridized carbons (Fsp3) is 0.647. The zero-order chi connectivity index (χ0) is 15.3. The Hall–Kier alpha value is 0.140. The van der Waals surface area contributed by atoms with Crippen LogP contribution in [0, 0.1) is 18.3 Å². The van der Waals surface area contributed by atoms with E-state index in [9.17, 15) is 0 Å². The van der Waals surface area contributed by atoms with Crippen molar-refractivity contribution in [1.29, 1.82) is 0 Å². The molecule has 20 heavy (non-hydrogen) atoms. The molecule has 0 aliphatic rings. The molecule has 1 N–H and O–H groups in total. The van der Waals surface area contributed by atoms with Gasteiger partial charge in [0.1, 0.15) is 0 Å². The number of halogens is 2. The second kappa shape index (κ2) is 7.95. The van der Waals surface area contributed by atoms with E-state index in [-0.39, 0.29) is 0 Å².